The molecule has 0 radical (unpaired) electrons. The molecule has 1 aliphatic carbocycles. The highest BCUT2D eigenvalue weighted by atomic mass is 19.2. The molecule has 1 fully saturated rings. The van der Waals surface area contributed by atoms with Crippen LogP contribution in [0.25, 0.3) is 0 Å². The van der Waals surface area contributed by atoms with Crippen molar-refractivity contribution in [2.24, 2.45) is 5.92 Å². The highest BCUT2D eigenvalue weighted by Crippen LogP contribution is 2.25. The first-order valence-corrected chi connectivity index (χ1v) is 12.4. The number of hydrogen-bond donors (Lipinski definition) is 2. The number of rotatable bonds is 12. The van der Waals surface area contributed by atoms with E-state index in [1.165, 1.54) is 12.5 Å². The van der Waals surface area contributed by atoms with Crippen LogP contribution in [0.2, 0.25) is 0 Å². The van der Waals surface area contributed by atoms with Gasteiger partial charge in [-0.15, -0.1) is 0 Å². The predicted molar refractivity (Wildman–Crippen MR) is 132 cm³/mol. The second-order valence-corrected chi connectivity index (χ2v) is 8.99. The number of carbonyl (C=O) groups is 2. The summed E-state index contributed by atoms with van der Waals surface area (Å²) >= 11 is 0. The molecule has 9 heteroatoms. The minimum Gasteiger partial charge on any atom is -0.492 e. The number of ether oxygens (including phenoxy) is 2. The van der Waals surface area contributed by atoms with Gasteiger partial charge in [0, 0.05) is 31.3 Å². The summed E-state index contributed by atoms with van der Waals surface area (Å²) in [4.78, 5) is 25.9. The maximum atomic E-state index is 13.6. The molecule has 0 spiro atoms. The Morgan fingerprint density at radius 3 is 2.44 bits per heavy atom. The van der Waals surface area contributed by atoms with Crippen molar-refractivity contribution >= 4 is 17.7 Å². The van der Waals surface area contributed by atoms with Crippen molar-refractivity contribution in [1.82, 2.24) is 4.90 Å². The molecule has 0 aliphatic heterocycles. The van der Waals surface area contributed by atoms with Crippen LogP contribution in [0, 0.1) is 17.6 Å². The number of urea groups is 1. The normalized spacial score (nSPS) is 14.8. The van der Waals surface area contributed by atoms with Crippen LogP contribution in [0.4, 0.5) is 19.3 Å². The first-order chi connectivity index (χ1) is 17.4. The fourth-order valence-electron chi connectivity index (χ4n) is 4.36. The van der Waals surface area contributed by atoms with Gasteiger partial charge in [-0.3, -0.25) is 0 Å². The van der Waals surface area contributed by atoms with Crippen molar-refractivity contribution in [3.05, 3.63) is 59.7 Å². The minimum absolute atomic E-state index is 0.191. The fraction of sp³-hybridized carbons (Fsp3) is 0.481. The summed E-state index contributed by atoms with van der Waals surface area (Å²) in [5.41, 5.74) is 1.00. The standard InChI is InChI=1S/C27H34F2N2O5/c1-2-35-25(26(32)33)16-19-8-11-22(12-9-19)36-15-14-31(18-20-6-4-3-5-7-20)27(34)30-21-10-13-23(28)24(29)17-21/h8-13,17,20,25H,2-7,14-16,18H2,1H3,(H,30,34)(H,32,33). The molecule has 1 unspecified atom stereocenters. The van der Waals surface area contributed by atoms with Crippen LogP contribution in [-0.4, -0.2) is 54.4 Å². The molecule has 1 aliphatic rings. The lowest BCUT2D eigenvalue weighted by Gasteiger charge is -2.30. The molecule has 2 aromatic carbocycles. The molecule has 0 bridgehead atoms. The Morgan fingerprint density at radius 2 is 1.81 bits per heavy atom. The lowest BCUT2D eigenvalue weighted by Crippen LogP contribution is -2.41. The van der Waals surface area contributed by atoms with Crippen molar-refractivity contribution in [2.45, 2.75) is 51.6 Å². The number of carboxylic acid groups (broad SMARTS) is 1. The van der Waals surface area contributed by atoms with Gasteiger partial charge in [-0.1, -0.05) is 31.4 Å². The van der Waals surface area contributed by atoms with Gasteiger partial charge in [0.25, 0.3) is 0 Å². The molecule has 1 atom stereocenters. The first-order valence-electron chi connectivity index (χ1n) is 12.4. The number of carboxylic acids is 1. The van der Waals surface area contributed by atoms with E-state index in [1.54, 1.807) is 36.1 Å². The second kappa shape index (κ2) is 13.8. The highest BCUT2D eigenvalue weighted by Gasteiger charge is 2.22. The molecule has 0 heterocycles. The minimum atomic E-state index is -1.02. The van der Waals surface area contributed by atoms with E-state index in [9.17, 15) is 23.5 Å². The molecule has 2 aromatic rings. The van der Waals surface area contributed by atoms with Gasteiger partial charge in [0.2, 0.25) is 0 Å². The van der Waals surface area contributed by atoms with Gasteiger partial charge >= 0.3 is 12.0 Å². The van der Waals surface area contributed by atoms with Crippen molar-refractivity contribution < 1.29 is 33.0 Å². The van der Waals surface area contributed by atoms with E-state index in [4.69, 9.17) is 9.47 Å². The van der Waals surface area contributed by atoms with Crippen LogP contribution in [-0.2, 0) is 16.0 Å². The molecule has 2 amide bonds. The van der Waals surface area contributed by atoms with E-state index in [1.807, 2.05) is 0 Å². The molecule has 36 heavy (non-hydrogen) atoms. The average molecular weight is 505 g/mol. The van der Waals surface area contributed by atoms with Crippen LogP contribution >= 0.6 is 0 Å². The zero-order valence-corrected chi connectivity index (χ0v) is 20.6. The summed E-state index contributed by atoms with van der Waals surface area (Å²) in [5, 5.41) is 11.9. The Balaban J connectivity index is 1.57. The molecule has 2 N–H and O–H groups in total. The highest BCUT2D eigenvalue weighted by molar-refractivity contribution is 5.89. The SMILES string of the molecule is CCOC(Cc1ccc(OCCN(CC2CCCCC2)C(=O)Nc2ccc(F)c(F)c2)cc1)C(=O)O. The van der Waals surface area contributed by atoms with E-state index >= 15 is 0 Å². The van der Waals surface area contributed by atoms with Crippen LogP contribution in [0.3, 0.4) is 0 Å². The number of carbonyl (C=O) groups excluding carboxylic acids is 1. The number of hydrogen-bond acceptors (Lipinski definition) is 4. The maximum Gasteiger partial charge on any atom is 0.333 e. The summed E-state index contributed by atoms with van der Waals surface area (Å²) in [6.07, 6.45) is 4.93. The van der Waals surface area contributed by atoms with Crippen LogP contribution in [0.15, 0.2) is 42.5 Å². The Labute approximate surface area is 210 Å². The van der Waals surface area contributed by atoms with Crippen LogP contribution in [0.1, 0.15) is 44.6 Å². The smallest absolute Gasteiger partial charge is 0.333 e. The zero-order chi connectivity index (χ0) is 25.9. The van der Waals surface area contributed by atoms with E-state index in [0.29, 0.717) is 31.4 Å². The largest absolute Gasteiger partial charge is 0.492 e. The van der Waals surface area contributed by atoms with E-state index in [0.717, 1.165) is 43.4 Å². The lowest BCUT2D eigenvalue weighted by atomic mass is 9.89. The molecular formula is C27H34F2N2O5. The third kappa shape index (κ3) is 8.48. The number of nitrogens with zero attached hydrogens (tertiary/aromatic N) is 1. The molecular weight excluding hydrogens is 470 g/mol. The zero-order valence-electron chi connectivity index (χ0n) is 20.6. The summed E-state index contributed by atoms with van der Waals surface area (Å²) in [5.74, 6) is -2.00. The van der Waals surface area contributed by atoms with Crippen molar-refractivity contribution in [1.29, 1.82) is 0 Å². The third-order valence-corrected chi connectivity index (χ3v) is 6.28. The number of halogens is 2. The van der Waals surface area contributed by atoms with Gasteiger partial charge in [0.15, 0.2) is 17.7 Å². The number of nitrogens with one attached hydrogen (secondary N) is 1. The number of aliphatic carboxylic acids is 1. The van der Waals surface area contributed by atoms with Gasteiger partial charge in [-0.05, 0) is 55.5 Å². The Hall–Kier alpha value is -3.20. The molecule has 196 valence electrons. The van der Waals surface area contributed by atoms with E-state index < -0.39 is 23.7 Å². The van der Waals surface area contributed by atoms with E-state index in [-0.39, 0.29) is 24.7 Å². The molecule has 0 saturated heterocycles. The quantitative estimate of drug-likeness (QED) is 0.399. The number of anilines is 1. The molecule has 1 saturated carbocycles. The summed E-state index contributed by atoms with van der Waals surface area (Å²) in [7, 11) is 0. The van der Waals surface area contributed by atoms with Crippen molar-refractivity contribution in [3.8, 4) is 5.75 Å². The molecule has 7 nitrogen and oxygen atoms in total. The number of benzene rings is 2. The third-order valence-electron chi connectivity index (χ3n) is 6.28. The van der Waals surface area contributed by atoms with Gasteiger partial charge in [0.05, 0.1) is 6.54 Å². The van der Waals surface area contributed by atoms with Gasteiger partial charge < -0.3 is 24.8 Å². The van der Waals surface area contributed by atoms with Crippen molar-refractivity contribution in [3.63, 3.8) is 0 Å². The van der Waals surface area contributed by atoms with E-state index in [2.05, 4.69) is 5.32 Å². The summed E-state index contributed by atoms with van der Waals surface area (Å²) in [6.45, 7) is 3.20. The van der Waals surface area contributed by atoms with Gasteiger partial charge in [0.1, 0.15) is 12.4 Å². The Bertz CT molecular complexity index is 996. The van der Waals surface area contributed by atoms with Crippen molar-refractivity contribution in [2.75, 3.05) is 31.6 Å². The van der Waals surface area contributed by atoms with Crippen LogP contribution < -0.4 is 10.1 Å². The van der Waals surface area contributed by atoms with Gasteiger partial charge in [-0.2, -0.15) is 0 Å². The second-order valence-electron chi connectivity index (χ2n) is 8.99. The summed E-state index contributed by atoms with van der Waals surface area (Å²) < 4.78 is 37.9. The van der Waals surface area contributed by atoms with Crippen LogP contribution in [0.5, 0.6) is 5.75 Å². The average Bonchev–Trinajstić information content (AvgIpc) is 2.87. The predicted octanol–water partition coefficient (Wildman–Crippen LogP) is 5.49. The topological polar surface area (TPSA) is 88.1 Å². The lowest BCUT2D eigenvalue weighted by molar-refractivity contribution is -0.149. The fourth-order valence-corrected chi connectivity index (χ4v) is 4.36. The first kappa shape index (κ1) is 27.4. The number of amides is 2. The molecule has 3 rings (SSSR count). The maximum absolute atomic E-state index is 13.6. The summed E-state index contributed by atoms with van der Waals surface area (Å²) in [6, 6.07) is 9.98. The monoisotopic (exact) mass is 504 g/mol. The van der Waals surface area contributed by atoms with Gasteiger partial charge in [-0.25, -0.2) is 18.4 Å². The Kier molecular flexibility index (Phi) is 10.5. The Morgan fingerprint density at radius 1 is 1.08 bits per heavy atom. The molecule has 0 aromatic heterocycles.